The highest BCUT2D eigenvalue weighted by molar-refractivity contribution is 5.25. The summed E-state index contributed by atoms with van der Waals surface area (Å²) in [6.07, 6.45) is 4.19. The SMILES string of the molecule is CCNC(Cc1ccc(F)c(F)c1)c1cncc(C)c1. The largest absolute Gasteiger partial charge is 0.310 e. The first-order valence-corrected chi connectivity index (χ1v) is 6.69. The first-order chi connectivity index (χ1) is 9.60. The second-order valence-electron chi connectivity index (χ2n) is 4.86. The van der Waals surface area contributed by atoms with Crippen LogP contribution in [0.3, 0.4) is 0 Å². The van der Waals surface area contributed by atoms with Gasteiger partial charge in [-0.1, -0.05) is 19.1 Å². The molecule has 1 unspecified atom stereocenters. The summed E-state index contributed by atoms with van der Waals surface area (Å²) < 4.78 is 26.2. The molecule has 0 aliphatic heterocycles. The van der Waals surface area contributed by atoms with Gasteiger partial charge in [0.1, 0.15) is 0 Å². The first kappa shape index (κ1) is 14.6. The monoisotopic (exact) mass is 276 g/mol. The van der Waals surface area contributed by atoms with Crippen LogP contribution in [0, 0.1) is 18.6 Å². The molecule has 1 aromatic carbocycles. The molecule has 1 heterocycles. The molecule has 106 valence electrons. The van der Waals surface area contributed by atoms with E-state index in [9.17, 15) is 8.78 Å². The molecule has 2 aromatic rings. The minimum Gasteiger partial charge on any atom is -0.310 e. The molecule has 1 atom stereocenters. The van der Waals surface area contributed by atoms with Crippen molar-refractivity contribution in [2.45, 2.75) is 26.3 Å². The molecule has 0 radical (unpaired) electrons. The molecule has 0 saturated carbocycles. The number of nitrogens with zero attached hydrogens (tertiary/aromatic N) is 1. The van der Waals surface area contributed by atoms with Crippen molar-refractivity contribution >= 4 is 0 Å². The Morgan fingerprint density at radius 1 is 1.15 bits per heavy atom. The average molecular weight is 276 g/mol. The number of pyridine rings is 1. The van der Waals surface area contributed by atoms with E-state index >= 15 is 0 Å². The lowest BCUT2D eigenvalue weighted by atomic mass is 9.99. The normalized spacial score (nSPS) is 12.4. The zero-order valence-corrected chi connectivity index (χ0v) is 11.7. The Hall–Kier alpha value is -1.81. The molecule has 2 nitrogen and oxygen atoms in total. The third kappa shape index (κ3) is 3.61. The van der Waals surface area contributed by atoms with Crippen LogP contribution in [0.25, 0.3) is 0 Å². The third-order valence-corrected chi connectivity index (χ3v) is 3.17. The van der Waals surface area contributed by atoms with Crippen LogP contribution < -0.4 is 5.32 Å². The Labute approximate surface area is 117 Å². The van der Waals surface area contributed by atoms with Crippen LogP contribution in [0.2, 0.25) is 0 Å². The fourth-order valence-electron chi connectivity index (χ4n) is 2.23. The van der Waals surface area contributed by atoms with E-state index in [1.807, 2.05) is 13.8 Å². The molecule has 0 fully saturated rings. The molecule has 0 bridgehead atoms. The average Bonchev–Trinajstić information content (AvgIpc) is 2.42. The van der Waals surface area contributed by atoms with Crippen molar-refractivity contribution in [2.75, 3.05) is 6.54 Å². The molecular formula is C16H18F2N2. The standard InChI is InChI=1S/C16H18F2N2/c1-3-20-16(13-6-11(2)9-19-10-13)8-12-4-5-14(17)15(18)7-12/h4-7,9-10,16,20H,3,8H2,1-2H3. The summed E-state index contributed by atoms with van der Waals surface area (Å²) in [5.74, 6) is -1.62. The Bertz CT molecular complexity index is 584. The van der Waals surface area contributed by atoms with Gasteiger partial charge in [-0.3, -0.25) is 4.98 Å². The van der Waals surface area contributed by atoms with Gasteiger partial charge in [-0.15, -0.1) is 0 Å². The summed E-state index contributed by atoms with van der Waals surface area (Å²) in [5.41, 5.74) is 2.89. The summed E-state index contributed by atoms with van der Waals surface area (Å²) in [4.78, 5) is 4.19. The predicted molar refractivity (Wildman–Crippen MR) is 75.5 cm³/mol. The van der Waals surface area contributed by atoms with Crippen LogP contribution in [0.5, 0.6) is 0 Å². The fourth-order valence-corrected chi connectivity index (χ4v) is 2.23. The zero-order chi connectivity index (χ0) is 14.5. The van der Waals surface area contributed by atoms with E-state index in [2.05, 4.69) is 16.4 Å². The number of hydrogen-bond donors (Lipinski definition) is 1. The van der Waals surface area contributed by atoms with E-state index in [4.69, 9.17) is 0 Å². The van der Waals surface area contributed by atoms with Crippen molar-refractivity contribution in [3.8, 4) is 0 Å². The van der Waals surface area contributed by atoms with Gasteiger partial charge in [-0.2, -0.15) is 0 Å². The summed E-state index contributed by atoms with van der Waals surface area (Å²) in [6.45, 7) is 4.79. The maximum Gasteiger partial charge on any atom is 0.159 e. The quantitative estimate of drug-likeness (QED) is 0.903. The summed E-state index contributed by atoms with van der Waals surface area (Å²) in [5, 5.41) is 3.35. The number of benzene rings is 1. The van der Waals surface area contributed by atoms with Gasteiger partial charge < -0.3 is 5.32 Å². The van der Waals surface area contributed by atoms with Gasteiger partial charge in [0.25, 0.3) is 0 Å². The number of hydrogen-bond acceptors (Lipinski definition) is 2. The van der Waals surface area contributed by atoms with Gasteiger partial charge in [0.05, 0.1) is 0 Å². The molecule has 0 aliphatic carbocycles. The maximum atomic E-state index is 13.3. The molecular weight excluding hydrogens is 258 g/mol. The molecule has 1 N–H and O–H groups in total. The van der Waals surface area contributed by atoms with E-state index in [1.165, 1.54) is 12.1 Å². The highest BCUT2D eigenvalue weighted by Gasteiger charge is 2.13. The van der Waals surface area contributed by atoms with Gasteiger partial charge in [-0.05, 0) is 48.7 Å². The van der Waals surface area contributed by atoms with Crippen molar-refractivity contribution in [1.82, 2.24) is 10.3 Å². The zero-order valence-electron chi connectivity index (χ0n) is 11.7. The van der Waals surface area contributed by atoms with Gasteiger partial charge in [0, 0.05) is 18.4 Å². The van der Waals surface area contributed by atoms with Gasteiger partial charge >= 0.3 is 0 Å². The fraction of sp³-hybridized carbons (Fsp3) is 0.312. The number of likely N-dealkylation sites (N-methyl/N-ethyl adjacent to an activating group) is 1. The second kappa shape index (κ2) is 6.57. The molecule has 20 heavy (non-hydrogen) atoms. The molecule has 4 heteroatoms. The topological polar surface area (TPSA) is 24.9 Å². The minimum atomic E-state index is -0.814. The van der Waals surface area contributed by atoms with E-state index in [1.54, 1.807) is 18.5 Å². The third-order valence-electron chi connectivity index (χ3n) is 3.17. The Morgan fingerprint density at radius 3 is 2.60 bits per heavy atom. The second-order valence-corrected chi connectivity index (χ2v) is 4.86. The molecule has 1 aromatic heterocycles. The van der Waals surface area contributed by atoms with Gasteiger partial charge in [0.15, 0.2) is 11.6 Å². The van der Waals surface area contributed by atoms with Gasteiger partial charge in [0.2, 0.25) is 0 Å². The van der Waals surface area contributed by atoms with Crippen molar-refractivity contribution in [2.24, 2.45) is 0 Å². The van der Waals surface area contributed by atoms with E-state index in [0.717, 1.165) is 23.2 Å². The smallest absolute Gasteiger partial charge is 0.159 e. The van der Waals surface area contributed by atoms with Crippen molar-refractivity contribution in [3.05, 3.63) is 65.0 Å². The molecule has 0 amide bonds. The van der Waals surface area contributed by atoms with E-state index in [-0.39, 0.29) is 6.04 Å². The number of halogens is 2. The van der Waals surface area contributed by atoms with Crippen LogP contribution in [-0.2, 0) is 6.42 Å². The van der Waals surface area contributed by atoms with Gasteiger partial charge in [-0.25, -0.2) is 8.78 Å². The van der Waals surface area contributed by atoms with Crippen LogP contribution in [0.1, 0.15) is 29.7 Å². The highest BCUT2D eigenvalue weighted by Crippen LogP contribution is 2.20. The number of rotatable bonds is 5. The van der Waals surface area contributed by atoms with E-state index in [0.29, 0.717) is 6.42 Å². The maximum absolute atomic E-state index is 13.3. The highest BCUT2D eigenvalue weighted by atomic mass is 19.2. The van der Waals surface area contributed by atoms with Crippen molar-refractivity contribution < 1.29 is 8.78 Å². The van der Waals surface area contributed by atoms with Crippen LogP contribution >= 0.6 is 0 Å². The lowest BCUT2D eigenvalue weighted by molar-refractivity contribution is 0.502. The summed E-state index contributed by atoms with van der Waals surface area (Å²) >= 11 is 0. The molecule has 0 aliphatic rings. The van der Waals surface area contributed by atoms with Crippen LogP contribution in [0.4, 0.5) is 8.78 Å². The lowest BCUT2D eigenvalue weighted by Gasteiger charge is -2.18. The van der Waals surface area contributed by atoms with Crippen LogP contribution in [-0.4, -0.2) is 11.5 Å². The van der Waals surface area contributed by atoms with Crippen LogP contribution in [0.15, 0.2) is 36.7 Å². The first-order valence-electron chi connectivity index (χ1n) is 6.69. The Balaban J connectivity index is 2.22. The predicted octanol–water partition coefficient (Wildman–Crippen LogP) is 3.56. The number of aromatic nitrogens is 1. The Morgan fingerprint density at radius 2 is 1.95 bits per heavy atom. The van der Waals surface area contributed by atoms with Crippen molar-refractivity contribution in [3.63, 3.8) is 0 Å². The Kier molecular flexibility index (Phi) is 4.79. The molecule has 0 saturated heterocycles. The number of aryl methyl sites for hydroxylation is 1. The summed E-state index contributed by atoms with van der Waals surface area (Å²) in [6, 6.07) is 6.13. The lowest BCUT2D eigenvalue weighted by Crippen LogP contribution is -2.23. The summed E-state index contributed by atoms with van der Waals surface area (Å²) in [7, 11) is 0. The minimum absolute atomic E-state index is 0.0391. The van der Waals surface area contributed by atoms with E-state index < -0.39 is 11.6 Å². The molecule has 0 spiro atoms. The number of nitrogens with one attached hydrogen (secondary N) is 1. The molecule has 2 rings (SSSR count). The van der Waals surface area contributed by atoms with Crippen molar-refractivity contribution in [1.29, 1.82) is 0 Å².